The highest BCUT2D eigenvalue weighted by molar-refractivity contribution is 6.17. The Morgan fingerprint density at radius 1 is 1.00 bits per heavy atom. The summed E-state index contributed by atoms with van der Waals surface area (Å²) >= 11 is 5.69. The first-order chi connectivity index (χ1) is 13.8. The summed E-state index contributed by atoms with van der Waals surface area (Å²) in [6, 6.07) is 4.05. The number of H-pyrrole nitrogens is 1. The zero-order chi connectivity index (χ0) is 21.2. The number of rotatable bonds is 8. The number of aryl methyl sites for hydroxylation is 2. The molecule has 3 aromatic rings. The van der Waals surface area contributed by atoms with E-state index in [0.717, 1.165) is 61.8 Å². The Balaban J connectivity index is 1.99. The minimum absolute atomic E-state index is 0.0787. The summed E-state index contributed by atoms with van der Waals surface area (Å²) in [5.41, 5.74) is 1.18. The second-order valence-corrected chi connectivity index (χ2v) is 7.98. The smallest absolute Gasteiger partial charge is 0.345 e. The lowest BCUT2D eigenvalue weighted by Crippen LogP contribution is -2.14. The fraction of sp³-hybridized carbons (Fsp3) is 0.500. The predicted molar refractivity (Wildman–Crippen MR) is 113 cm³/mol. The Hall–Kier alpha value is -1.95. The summed E-state index contributed by atoms with van der Waals surface area (Å²) in [7, 11) is 0. The van der Waals surface area contributed by atoms with Crippen molar-refractivity contribution in [3.63, 3.8) is 0 Å². The SMILES string of the molecule is Cc1c(C)n(CCCCCCCCCl)c2ccc3[nH]c(=O)cc(C(F)(F)F)c3c12. The van der Waals surface area contributed by atoms with E-state index in [1.54, 1.807) is 6.07 Å². The van der Waals surface area contributed by atoms with E-state index in [0.29, 0.717) is 17.3 Å². The van der Waals surface area contributed by atoms with Crippen LogP contribution in [-0.4, -0.2) is 15.4 Å². The second-order valence-electron chi connectivity index (χ2n) is 7.60. The number of benzene rings is 1. The van der Waals surface area contributed by atoms with E-state index in [1.165, 1.54) is 0 Å². The average Bonchev–Trinajstić information content (AvgIpc) is 2.90. The quantitative estimate of drug-likeness (QED) is 0.316. The summed E-state index contributed by atoms with van der Waals surface area (Å²) in [5.74, 6) is 0.701. The summed E-state index contributed by atoms with van der Waals surface area (Å²) in [6.07, 6.45) is 1.93. The van der Waals surface area contributed by atoms with Gasteiger partial charge in [0.2, 0.25) is 5.56 Å². The van der Waals surface area contributed by atoms with Crippen molar-refractivity contribution in [1.29, 1.82) is 0 Å². The molecule has 29 heavy (non-hydrogen) atoms. The lowest BCUT2D eigenvalue weighted by atomic mass is 10.0. The minimum atomic E-state index is -4.59. The number of nitrogens with zero attached hydrogens (tertiary/aromatic N) is 1. The molecule has 0 saturated carbocycles. The molecule has 1 aromatic carbocycles. The Morgan fingerprint density at radius 2 is 1.66 bits per heavy atom. The molecule has 7 heteroatoms. The van der Waals surface area contributed by atoms with Crippen molar-refractivity contribution < 1.29 is 13.2 Å². The molecule has 0 radical (unpaired) electrons. The number of alkyl halides is 4. The largest absolute Gasteiger partial charge is 0.417 e. The number of aromatic nitrogens is 2. The van der Waals surface area contributed by atoms with Crippen molar-refractivity contribution in [1.82, 2.24) is 9.55 Å². The van der Waals surface area contributed by atoms with Crippen molar-refractivity contribution in [3.05, 3.63) is 45.4 Å². The van der Waals surface area contributed by atoms with Crippen molar-refractivity contribution >= 4 is 33.4 Å². The van der Waals surface area contributed by atoms with Crippen LogP contribution in [0.25, 0.3) is 21.8 Å². The van der Waals surface area contributed by atoms with Gasteiger partial charge in [0.15, 0.2) is 0 Å². The van der Waals surface area contributed by atoms with E-state index in [1.807, 2.05) is 19.9 Å². The maximum Gasteiger partial charge on any atom is 0.417 e. The molecule has 2 aromatic heterocycles. The molecule has 3 nitrogen and oxygen atoms in total. The number of unbranched alkanes of at least 4 members (excludes halogenated alkanes) is 5. The molecule has 0 amide bonds. The monoisotopic (exact) mass is 426 g/mol. The van der Waals surface area contributed by atoms with Crippen LogP contribution in [0.4, 0.5) is 13.2 Å². The van der Waals surface area contributed by atoms with Gasteiger partial charge in [-0.3, -0.25) is 4.79 Å². The second kappa shape index (κ2) is 8.82. The molecule has 1 N–H and O–H groups in total. The topological polar surface area (TPSA) is 37.8 Å². The van der Waals surface area contributed by atoms with Gasteiger partial charge >= 0.3 is 6.18 Å². The van der Waals surface area contributed by atoms with E-state index in [-0.39, 0.29) is 10.9 Å². The van der Waals surface area contributed by atoms with Gasteiger partial charge < -0.3 is 9.55 Å². The molecule has 0 bridgehead atoms. The molecular weight excluding hydrogens is 401 g/mol. The van der Waals surface area contributed by atoms with Crippen LogP contribution in [0.5, 0.6) is 0 Å². The van der Waals surface area contributed by atoms with Crippen LogP contribution in [0.2, 0.25) is 0 Å². The van der Waals surface area contributed by atoms with Gasteiger partial charge in [0.05, 0.1) is 5.56 Å². The molecule has 0 aliphatic rings. The average molecular weight is 427 g/mol. The van der Waals surface area contributed by atoms with Gasteiger partial charge in [-0.25, -0.2) is 0 Å². The molecule has 0 saturated heterocycles. The summed E-state index contributed by atoms with van der Waals surface area (Å²) in [4.78, 5) is 14.3. The number of fused-ring (bicyclic) bond motifs is 3. The summed E-state index contributed by atoms with van der Waals surface area (Å²) in [6.45, 7) is 4.56. The molecule has 0 unspecified atom stereocenters. The highest BCUT2D eigenvalue weighted by Gasteiger charge is 2.34. The Kier molecular flexibility index (Phi) is 6.62. The highest BCUT2D eigenvalue weighted by Crippen LogP contribution is 2.39. The van der Waals surface area contributed by atoms with E-state index in [9.17, 15) is 18.0 Å². The predicted octanol–water partition coefficient (Wildman–Crippen LogP) is 6.70. The number of pyridine rings is 1. The van der Waals surface area contributed by atoms with Crippen molar-refractivity contribution in [2.45, 2.75) is 65.1 Å². The van der Waals surface area contributed by atoms with E-state index < -0.39 is 17.3 Å². The normalized spacial score (nSPS) is 12.3. The van der Waals surface area contributed by atoms with E-state index in [4.69, 9.17) is 11.6 Å². The summed E-state index contributed by atoms with van der Waals surface area (Å²) in [5, 5.41) is 0.653. The fourth-order valence-electron chi connectivity index (χ4n) is 4.10. The molecular formula is C22H26ClF3N2O. The van der Waals surface area contributed by atoms with Crippen LogP contribution in [0, 0.1) is 13.8 Å². The van der Waals surface area contributed by atoms with Gasteiger partial charge in [-0.15, -0.1) is 11.6 Å². The Labute approximate surface area is 172 Å². The highest BCUT2D eigenvalue weighted by atomic mass is 35.5. The third kappa shape index (κ3) is 4.47. The van der Waals surface area contributed by atoms with Crippen LogP contribution >= 0.6 is 11.6 Å². The number of hydrogen-bond donors (Lipinski definition) is 1. The maximum atomic E-state index is 13.7. The Morgan fingerprint density at radius 3 is 2.31 bits per heavy atom. The van der Waals surface area contributed by atoms with Crippen LogP contribution in [-0.2, 0) is 12.7 Å². The van der Waals surface area contributed by atoms with Crippen LogP contribution in [0.15, 0.2) is 23.0 Å². The van der Waals surface area contributed by atoms with Crippen molar-refractivity contribution in [2.75, 3.05) is 5.88 Å². The maximum absolute atomic E-state index is 13.7. The number of halogens is 4. The zero-order valence-electron chi connectivity index (χ0n) is 16.8. The van der Waals surface area contributed by atoms with Crippen molar-refractivity contribution in [2.24, 2.45) is 0 Å². The Bertz CT molecular complexity index is 1070. The van der Waals surface area contributed by atoms with Gasteiger partial charge in [0.1, 0.15) is 0 Å². The van der Waals surface area contributed by atoms with Gasteiger partial charge in [0, 0.05) is 46.0 Å². The molecule has 2 heterocycles. The summed E-state index contributed by atoms with van der Waals surface area (Å²) < 4.78 is 43.1. The number of aromatic amines is 1. The molecule has 0 aliphatic heterocycles. The van der Waals surface area contributed by atoms with Gasteiger partial charge in [-0.1, -0.05) is 25.7 Å². The van der Waals surface area contributed by atoms with Crippen LogP contribution in [0.3, 0.4) is 0 Å². The first kappa shape index (κ1) is 21.8. The van der Waals surface area contributed by atoms with Gasteiger partial charge in [-0.2, -0.15) is 13.2 Å². The van der Waals surface area contributed by atoms with Crippen LogP contribution in [0.1, 0.15) is 55.3 Å². The third-order valence-corrected chi connectivity index (χ3v) is 5.94. The molecule has 0 fully saturated rings. The molecule has 0 aliphatic carbocycles. The van der Waals surface area contributed by atoms with Crippen LogP contribution < -0.4 is 5.56 Å². The van der Waals surface area contributed by atoms with E-state index in [2.05, 4.69) is 9.55 Å². The molecule has 3 rings (SSSR count). The van der Waals surface area contributed by atoms with Crippen molar-refractivity contribution in [3.8, 4) is 0 Å². The fourth-order valence-corrected chi connectivity index (χ4v) is 4.29. The first-order valence-electron chi connectivity index (χ1n) is 10.0. The lowest BCUT2D eigenvalue weighted by molar-refractivity contribution is -0.136. The number of hydrogen-bond acceptors (Lipinski definition) is 1. The molecule has 158 valence electrons. The third-order valence-electron chi connectivity index (χ3n) is 5.67. The van der Waals surface area contributed by atoms with Gasteiger partial charge in [0.25, 0.3) is 0 Å². The number of nitrogens with one attached hydrogen (secondary N) is 1. The minimum Gasteiger partial charge on any atom is -0.345 e. The molecule has 0 atom stereocenters. The van der Waals surface area contributed by atoms with E-state index >= 15 is 0 Å². The molecule has 0 spiro atoms. The van der Waals surface area contributed by atoms with Gasteiger partial charge in [-0.05, 0) is 44.4 Å². The first-order valence-corrected chi connectivity index (χ1v) is 10.6. The lowest BCUT2D eigenvalue weighted by Gasteiger charge is -2.12. The standard InChI is InChI=1S/C22H26ClF3N2O/c1-14-15(2)28(12-8-6-4-3-5-7-11-23)18-10-9-17-21(20(14)18)16(22(24,25)26)13-19(29)27-17/h9-10,13H,3-8,11-12H2,1-2H3,(H,27,29). The zero-order valence-corrected chi connectivity index (χ0v) is 17.5.